The molecule has 2 aromatic carbocycles. The van der Waals surface area contributed by atoms with E-state index in [1.165, 1.54) is 49.6 Å². The summed E-state index contributed by atoms with van der Waals surface area (Å²) in [7, 11) is 1.37. The number of aliphatic hydroxyl groups is 3. The number of fused-ring (bicyclic) bond motifs is 1. The largest absolute Gasteiger partial charge is 0.507 e. The molecule has 0 saturated carbocycles. The molecule has 45 heavy (non-hydrogen) atoms. The number of ether oxygens (including phenoxy) is 4. The summed E-state index contributed by atoms with van der Waals surface area (Å²) in [6.45, 7) is -0.569. The number of methoxy groups -OCH3 is 1. The first-order chi connectivity index (χ1) is 21.4. The van der Waals surface area contributed by atoms with Crippen LogP contribution in [0.5, 0.6) is 34.5 Å². The molecule has 236 valence electrons. The second kappa shape index (κ2) is 12.8. The first kappa shape index (κ1) is 31.2. The third kappa shape index (κ3) is 6.63. The van der Waals surface area contributed by atoms with Gasteiger partial charge in [-0.1, -0.05) is 6.07 Å². The van der Waals surface area contributed by atoms with Crippen molar-refractivity contribution in [3.8, 4) is 57.1 Å². The SMILES string of the molecule is COc1cc(C=CC(=O)OC[C@H]2O[C@@H](Oc3cc4c(O)cc(=O)cc-4oc3-c3ccc(O)c(O)c3)[C@H](O)[C@@H](O)[C@@H]2O)ccc1O. The Morgan fingerprint density at radius 3 is 2.33 bits per heavy atom. The van der Waals surface area contributed by atoms with Gasteiger partial charge in [0.2, 0.25) is 6.29 Å². The maximum atomic E-state index is 12.4. The number of aromatic hydroxyl groups is 4. The van der Waals surface area contributed by atoms with Crippen LogP contribution >= 0.6 is 0 Å². The molecule has 2 heterocycles. The lowest BCUT2D eigenvalue weighted by Crippen LogP contribution is -2.60. The average Bonchev–Trinajstić information content (AvgIpc) is 3.01. The lowest BCUT2D eigenvalue weighted by Gasteiger charge is -2.40. The summed E-state index contributed by atoms with van der Waals surface area (Å²) in [5.74, 6) is -2.51. The van der Waals surface area contributed by atoms with E-state index in [0.717, 1.165) is 24.3 Å². The van der Waals surface area contributed by atoms with Crippen LogP contribution in [0.4, 0.5) is 0 Å². The summed E-state index contributed by atoms with van der Waals surface area (Å²) in [5, 5.41) is 71.6. The molecule has 2 aliphatic heterocycles. The van der Waals surface area contributed by atoms with Gasteiger partial charge >= 0.3 is 5.97 Å². The van der Waals surface area contributed by atoms with E-state index in [0.29, 0.717) is 5.56 Å². The first-order valence-electron chi connectivity index (χ1n) is 13.4. The van der Waals surface area contributed by atoms with Gasteiger partial charge in [0.05, 0.1) is 12.7 Å². The van der Waals surface area contributed by atoms with Gasteiger partial charge in [0.25, 0.3) is 0 Å². The van der Waals surface area contributed by atoms with Gasteiger partial charge in [0, 0.05) is 23.8 Å². The lowest BCUT2D eigenvalue weighted by atomic mass is 9.99. The minimum absolute atomic E-state index is 0.0331. The average molecular weight is 625 g/mol. The Hall–Kier alpha value is -5.28. The molecular formula is C31H28O14. The van der Waals surface area contributed by atoms with E-state index in [9.17, 15) is 45.3 Å². The zero-order chi connectivity index (χ0) is 32.4. The highest BCUT2D eigenvalue weighted by Gasteiger charge is 2.46. The lowest BCUT2D eigenvalue weighted by molar-refractivity contribution is -0.278. The monoisotopic (exact) mass is 624 g/mol. The molecule has 1 fully saturated rings. The quantitative estimate of drug-likeness (QED) is 0.0841. The van der Waals surface area contributed by atoms with Crippen molar-refractivity contribution in [2.45, 2.75) is 30.7 Å². The molecule has 5 rings (SSSR count). The molecule has 0 unspecified atom stereocenters. The van der Waals surface area contributed by atoms with Crippen molar-refractivity contribution in [2.75, 3.05) is 13.7 Å². The van der Waals surface area contributed by atoms with E-state index in [1.807, 2.05) is 0 Å². The van der Waals surface area contributed by atoms with Gasteiger partial charge in [-0.15, -0.1) is 0 Å². The van der Waals surface area contributed by atoms with Crippen molar-refractivity contribution in [3.63, 3.8) is 0 Å². The number of hydrogen-bond donors (Lipinski definition) is 7. The second-order valence-corrected chi connectivity index (χ2v) is 10.0. The minimum atomic E-state index is -1.83. The Morgan fingerprint density at radius 2 is 1.60 bits per heavy atom. The molecule has 2 aromatic rings. The van der Waals surface area contributed by atoms with E-state index < -0.39 is 66.0 Å². The van der Waals surface area contributed by atoms with Crippen LogP contribution in [0.2, 0.25) is 0 Å². The number of rotatable bonds is 8. The summed E-state index contributed by atoms with van der Waals surface area (Å²) < 4.78 is 27.5. The smallest absolute Gasteiger partial charge is 0.330 e. The number of hydrogen-bond acceptors (Lipinski definition) is 14. The Labute approximate surface area is 254 Å². The Kier molecular flexibility index (Phi) is 8.83. The summed E-state index contributed by atoms with van der Waals surface area (Å²) in [4.78, 5) is 24.3. The predicted molar refractivity (Wildman–Crippen MR) is 154 cm³/mol. The van der Waals surface area contributed by atoms with Crippen LogP contribution in [0.25, 0.3) is 28.7 Å². The van der Waals surface area contributed by atoms with Gasteiger partial charge in [0.1, 0.15) is 42.5 Å². The zero-order valence-electron chi connectivity index (χ0n) is 23.4. The minimum Gasteiger partial charge on any atom is -0.507 e. The fourth-order valence-corrected chi connectivity index (χ4v) is 4.58. The fraction of sp³-hybridized carbons (Fsp3) is 0.226. The topological polar surface area (TPSA) is 226 Å². The van der Waals surface area contributed by atoms with Crippen molar-refractivity contribution < 1.29 is 63.9 Å². The third-order valence-electron chi connectivity index (χ3n) is 6.96. The normalized spacial score (nSPS) is 21.6. The van der Waals surface area contributed by atoms with Gasteiger partial charge in [0.15, 0.2) is 39.9 Å². The highest BCUT2D eigenvalue weighted by Crippen LogP contribution is 2.43. The number of phenols is 4. The van der Waals surface area contributed by atoms with Gasteiger partial charge in [-0.3, -0.25) is 4.79 Å². The number of phenolic OH excluding ortho intramolecular Hbond substituents is 4. The van der Waals surface area contributed by atoms with Crippen molar-refractivity contribution in [1.82, 2.24) is 0 Å². The summed E-state index contributed by atoms with van der Waals surface area (Å²) in [6.07, 6.45) is -5.94. The number of carbonyl (C=O) groups excluding carboxylic acids is 1. The molecular weight excluding hydrogens is 596 g/mol. The number of carbonyl (C=O) groups is 1. The molecule has 0 spiro atoms. The van der Waals surface area contributed by atoms with E-state index in [2.05, 4.69) is 0 Å². The molecule has 0 aromatic heterocycles. The van der Waals surface area contributed by atoms with E-state index in [-0.39, 0.29) is 39.9 Å². The molecule has 1 saturated heterocycles. The Balaban J connectivity index is 1.38. The molecule has 1 aliphatic carbocycles. The molecule has 7 N–H and O–H groups in total. The third-order valence-corrected chi connectivity index (χ3v) is 6.96. The maximum Gasteiger partial charge on any atom is 0.330 e. The number of esters is 1. The highest BCUT2D eigenvalue weighted by molar-refractivity contribution is 5.87. The molecule has 0 bridgehead atoms. The molecule has 3 aliphatic rings. The van der Waals surface area contributed by atoms with Crippen LogP contribution in [0.1, 0.15) is 5.56 Å². The number of benzene rings is 3. The van der Waals surface area contributed by atoms with Gasteiger partial charge in [-0.2, -0.15) is 0 Å². The zero-order valence-corrected chi connectivity index (χ0v) is 23.4. The number of aliphatic hydroxyl groups excluding tert-OH is 3. The molecule has 14 heteroatoms. The van der Waals surface area contributed by atoms with Gasteiger partial charge in [-0.25, -0.2) is 4.79 Å². The molecule has 14 nitrogen and oxygen atoms in total. The second-order valence-electron chi connectivity index (χ2n) is 10.0. The van der Waals surface area contributed by atoms with E-state index >= 15 is 0 Å². The molecule has 0 amide bonds. The molecule has 5 atom stereocenters. The van der Waals surface area contributed by atoms with Crippen LogP contribution in [0.15, 0.2) is 69.9 Å². The highest BCUT2D eigenvalue weighted by atomic mass is 16.7. The van der Waals surface area contributed by atoms with Gasteiger partial charge in [-0.05, 0) is 48.0 Å². The van der Waals surface area contributed by atoms with Gasteiger partial charge < -0.3 is 59.1 Å². The maximum absolute atomic E-state index is 12.4. The Morgan fingerprint density at radius 1 is 0.844 bits per heavy atom. The predicted octanol–water partition coefficient (Wildman–Crippen LogP) is 1.69. The van der Waals surface area contributed by atoms with E-state index in [4.69, 9.17) is 23.4 Å². The van der Waals surface area contributed by atoms with Crippen molar-refractivity contribution in [2.24, 2.45) is 0 Å². The van der Waals surface area contributed by atoms with Crippen molar-refractivity contribution in [3.05, 3.63) is 76.5 Å². The van der Waals surface area contributed by atoms with Crippen LogP contribution in [0.3, 0.4) is 0 Å². The van der Waals surface area contributed by atoms with Crippen LogP contribution in [0, 0.1) is 0 Å². The van der Waals surface area contributed by atoms with Crippen LogP contribution in [-0.4, -0.2) is 86.1 Å². The summed E-state index contributed by atoms with van der Waals surface area (Å²) in [5.41, 5.74) is 0.131. The Bertz CT molecular complexity index is 1760. The standard InChI is InChI=1S/C31H28O14/c1-41-23-8-14(2-5-19(23)34)3-7-26(37)42-13-25-27(38)28(39)29(40)31(45-25)44-24-12-17-20(35)10-16(32)11-22(17)43-30(24)15-4-6-18(33)21(36)9-15/h2-12,25,27-29,31,33-36,38-40H,13H2,1H3/t25-,27-,28+,29-,31-/m1/s1. The van der Waals surface area contributed by atoms with Crippen LogP contribution in [-0.2, 0) is 14.3 Å². The van der Waals surface area contributed by atoms with E-state index in [1.54, 1.807) is 0 Å². The summed E-state index contributed by atoms with van der Waals surface area (Å²) in [6, 6.07) is 11.4. The van der Waals surface area contributed by atoms with Crippen molar-refractivity contribution in [1.29, 1.82) is 0 Å². The van der Waals surface area contributed by atoms with Crippen molar-refractivity contribution >= 4 is 12.0 Å². The first-order valence-corrected chi connectivity index (χ1v) is 13.4. The molecule has 0 radical (unpaired) electrons. The van der Waals surface area contributed by atoms with Crippen LogP contribution < -0.4 is 14.9 Å². The summed E-state index contributed by atoms with van der Waals surface area (Å²) >= 11 is 0. The fourth-order valence-electron chi connectivity index (χ4n) is 4.58.